The molecule has 0 spiro atoms. The van der Waals surface area contributed by atoms with Gasteiger partial charge in [-0.25, -0.2) is 0 Å². The van der Waals surface area contributed by atoms with Crippen LogP contribution in [-0.2, 0) is 16.1 Å². The van der Waals surface area contributed by atoms with Crippen molar-refractivity contribution in [3.8, 4) is 0 Å². The Morgan fingerprint density at radius 3 is 3.25 bits per heavy atom. The van der Waals surface area contributed by atoms with Crippen LogP contribution in [0.15, 0.2) is 24.5 Å². The Bertz CT molecular complexity index is 465. The van der Waals surface area contributed by atoms with Gasteiger partial charge in [0, 0.05) is 37.5 Å². The molecule has 0 bridgehead atoms. The zero-order valence-corrected chi connectivity index (χ0v) is 11.8. The van der Waals surface area contributed by atoms with Crippen molar-refractivity contribution in [2.75, 3.05) is 20.2 Å². The van der Waals surface area contributed by atoms with E-state index in [0.717, 1.165) is 31.6 Å². The highest BCUT2D eigenvalue weighted by atomic mass is 16.5. The number of pyridine rings is 1. The monoisotopic (exact) mass is 275 g/mol. The molecule has 1 saturated heterocycles. The van der Waals surface area contributed by atoms with E-state index in [1.807, 2.05) is 30.3 Å². The lowest BCUT2D eigenvalue weighted by Gasteiger charge is -2.39. The molecule has 1 amide bonds. The van der Waals surface area contributed by atoms with Gasteiger partial charge < -0.3 is 10.1 Å². The Labute approximate surface area is 119 Å². The third-order valence-electron chi connectivity index (χ3n) is 4.20. The number of likely N-dealkylation sites (N-methyl/N-ethyl adjacent to an activating group) is 1. The van der Waals surface area contributed by atoms with Gasteiger partial charge in [-0.1, -0.05) is 6.07 Å². The van der Waals surface area contributed by atoms with Crippen molar-refractivity contribution in [1.29, 1.82) is 0 Å². The number of rotatable bonds is 5. The number of carbonyl (C=O) groups is 1. The van der Waals surface area contributed by atoms with Crippen LogP contribution in [0.2, 0.25) is 0 Å². The van der Waals surface area contributed by atoms with Crippen molar-refractivity contribution >= 4 is 5.91 Å². The number of amides is 1. The van der Waals surface area contributed by atoms with E-state index < -0.39 is 0 Å². The third kappa shape index (κ3) is 2.99. The molecule has 108 valence electrons. The smallest absolute Gasteiger partial charge is 0.234 e. The van der Waals surface area contributed by atoms with Crippen molar-refractivity contribution in [1.82, 2.24) is 15.2 Å². The molecule has 20 heavy (non-hydrogen) atoms. The van der Waals surface area contributed by atoms with E-state index in [0.29, 0.717) is 24.6 Å². The molecule has 5 heteroatoms. The average Bonchev–Trinajstić information content (AvgIpc) is 2.78. The van der Waals surface area contributed by atoms with Crippen LogP contribution < -0.4 is 5.32 Å². The summed E-state index contributed by atoms with van der Waals surface area (Å²) in [5, 5.41) is 3.13. The molecular formula is C15H21N3O2. The average molecular weight is 275 g/mol. The lowest BCUT2D eigenvalue weighted by molar-refractivity contribution is -0.125. The van der Waals surface area contributed by atoms with Gasteiger partial charge in [-0.2, -0.15) is 0 Å². The minimum Gasteiger partial charge on any atom is -0.378 e. The normalized spacial score (nSPS) is 28.0. The maximum atomic E-state index is 12.0. The second-order valence-electron chi connectivity index (χ2n) is 5.81. The van der Waals surface area contributed by atoms with Crippen molar-refractivity contribution in [3.05, 3.63) is 30.1 Å². The summed E-state index contributed by atoms with van der Waals surface area (Å²) in [6, 6.07) is 4.26. The summed E-state index contributed by atoms with van der Waals surface area (Å²) in [6.45, 7) is 2.01. The standard InChI is InChI=1S/C15H21N3O2/c1-18(9-11-3-2-5-16-8-11)10-15(19)17-13-7-14-12(13)4-6-20-14/h2-3,5,8,12-14H,4,6-7,9-10H2,1H3,(H,17,19)/t12-,13+,14+/m0/s1. The van der Waals surface area contributed by atoms with E-state index in [2.05, 4.69) is 10.3 Å². The molecule has 2 fully saturated rings. The van der Waals surface area contributed by atoms with Crippen molar-refractivity contribution < 1.29 is 9.53 Å². The number of hydrogen-bond donors (Lipinski definition) is 1. The summed E-state index contributed by atoms with van der Waals surface area (Å²) in [6.07, 6.45) is 6.05. The van der Waals surface area contributed by atoms with Crippen LogP contribution >= 0.6 is 0 Å². The van der Waals surface area contributed by atoms with Crippen LogP contribution in [0, 0.1) is 5.92 Å². The van der Waals surface area contributed by atoms with E-state index in [4.69, 9.17) is 4.74 Å². The second kappa shape index (κ2) is 5.89. The molecule has 3 atom stereocenters. The first kappa shape index (κ1) is 13.5. The fraction of sp³-hybridized carbons (Fsp3) is 0.600. The van der Waals surface area contributed by atoms with Gasteiger partial charge in [0.15, 0.2) is 0 Å². The minimum absolute atomic E-state index is 0.103. The molecule has 1 saturated carbocycles. The fourth-order valence-electron chi connectivity index (χ4n) is 3.12. The molecule has 1 aliphatic heterocycles. The Balaban J connectivity index is 1.42. The number of carbonyl (C=O) groups excluding carboxylic acids is 1. The zero-order chi connectivity index (χ0) is 13.9. The van der Waals surface area contributed by atoms with Gasteiger partial charge in [0.25, 0.3) is 0 Å². The van der Waals surface area contributed by atoms with Crippen LogP contribution in [-0.4, -0.2) is 48.1 Å². The Morgan fingerprint density at radius 2 is 2.50 bits per heavy atom. The van der Waals surface area contributed by atoms with Crippen LogP contribution in [0.4, 0.5) is 0 Å². The van der Waals surface area contributed by atoms with Gasteiger partial charge >= 0.3 is 0 Å². The predicted molar refractivity (Wildman–Crippen MR) is 75.0 cm³/mol. The van der Waals surface area contributed by atoms with Crippen LogP contribution in [0.25, 0.3) is 0 Å². The van der Waals surface area contributed by atoms with Crippen molar-refractivity contribution in [2.24, 2.45) is 5.92 Å². The van der Waals surface area contributed by atoms with Gasteiger partial charge in [-0.05, 0) is 31.5 Å². The van der Waals surface area contributed by atoms with Gasteiger partial charge in [0.1, 0.15) is 0 Å². The van der Waals surface area contributed by atoms with Gasteiger partial charge in [0.2, 0.25) is 5.91 Å². The first-order chi connectivity index (χ1) is 9.72. The number of hydrogen-bond acceptors (Lipinski definition) is 4. The van der Waals surface area contributed by atoms with Crippen LogP contribution in [0.5, 0.6) is 0 Å². The summed E-state index contributed by atoms with van der Waals surface area (Å²) < 4.78 is 5.56. The summed E-state index contributed by atoms with van der Waals surface area (Å²) >= 11 is 0. The molecule has 1 aromatic rings. The van der Waals surface area contributed by atoms with Crippen LogP contribution in [0.1, 0.15) is 18.4 Å². The quantitative estimate of drug-likeness (QED) is 0.864. The van der Waals surface area contributed by atoms with Crippen molar-refractivity contribution in [2.45, 2.75) is 31.5 Å². The SMILES string of the molecule is CN(CC(=O)N[C@@H]1C[C@H]2OCC[C@@H]12)Cc1cccnc1. The molecule has 0 radical (unpaired) electrons. The fourth-order valence-corrected chi connectivity index (χ4v) is 3.12. The first-order valence-corrected chi connectivity index (χ1v) is 7.21. The van der Waals surface area contributed by atoms with Crippen molar-refractivity contribution in [3.63, 3.8) is 0 Å². The number of nitrogens with one attached hydrogen (secondary N) is 1. The minimum atomic E-state index is 0.103. The maximum Gasteiger partial charge on any atom is 0.234 e. The topological polar surface area (TPSA) is 54.5 Å². The van der Waals surface area contributed by atoms with E-state index in [9.17, 15) is 4.79 Å². The molecule has 2 heterocycles. The number of aromatic nitrogens is 1. The zero-order valence-electron chi connectivity index (χ0n) is 11.8. The first-order valence-electron chi connectivity index (χ1n) is 7.21. The molecule has 0 aromatic carbocycles. The van der Waals surface area contributed by atoms with E-state index in [-0.39, 0.29) is 5.91 Å². The molecule has 3 rings (SSSR count). The van der Waals surface area contributed by atoms with E-state index in [1.54, 1.807) is 6.20 Å². The highest BCUT2D eigenvalue weighted by Crippen LogP contribution is 2.38. The van der Waals surface area contributed by atoms with Gasteiger partial charge in [-0.3, -0.25) is 14.7 Å². The second-order valence-corrected chi connectivity index (χ2v) is 5.81. The van der Waals surface area contributed by atoms with Gasteiger partial charge in [0.05, 0.1) is 12.6 Å². The summed E-state index contributed by atoms with van der Waals surface area (Å²) in [5.74, 6) is 0.648. The molecule has 1 aliphatic carbocycles. The van der Waals surface area contributed by atoms with Gasteiger partial charge in [-0.15, -0.1) is 0 Å². The molecule has 1 aromatic heterocycles. The lowest BCUT2D eigenvalue weighted by Crippen LogP contribution is -2.54. The molecule has 2 aliphatic rings. The molecular weight excluding hydrogens is 254 g/mol. The van der Waals surface area contributed by atoms with E-state index >= 15 is 0 Å². The largest absolute Gasteiger partial charge is 0.378 e. The summed E-state index contributed by atoms with van der Waals surface area (Å²) in [4.78, 5) is 18.1. The Morgan fingerprint density at radius 1 is 1.60 bits per heavy atom. The third-order valence-corrected chi connectivity index (χ3v) is 4.20. The maximum absolute atomic E-state index is 12.0. The lowest BCUT2D eigenvalue weighted by atomic mass is 9.76. The molecule has 0 unspecified atom stereocenters. The predicted octanol–water partition coefficient (Wildman–Crippen LogP) is 0.807. The highest BCUT2D eigenvalue weighted by molar-refractivity contribution is 5.78. The number of fused-ring (bicyclic) bond motifs is 1. The molecule has 1 N–H and O–H groups in total. The number of ether oxygens (including phenoxy) is 1. The Kier molecular flexibility index (Phi) is 3.98. The Hall–Kier alpha value is -1.46. The van der Waals surface area contributed by atoms with E-state index in [1.165, 1.54) is 0 Å². The highest BCUT2D eigenvalue weighted by Gasteiger charge is 2.45. The summed E-state index contributed by atoms with van der Waals surface area (Å²) in [7, 11) is 1.95. The molecule has 5 nitrogen and oxygen atoms in total. The number of nitrogens with zero attached hydrogens (tertiary/aromatic N) is 2. The van der Waals surface area contributed by atoms with Crippen LogP contribution in [0.3, 0.4) is 0 Å². The summed E-state index contributed by atoms with van der Waals surface area (Å²) in [5.41, 5.74) is 1.12.